The Morgan fingerprint density at radius 3 is 2.56 bits per heavy atom. The maximum atomic E-state index is 12.4. The molecule has 2 heterocycles. The number of rotatable bonds is 1. The number of carbonyl (C=O) groups is 1. The highest BCUT2D eigenvalue weighted by molar-refractivity contribution is 7.91. The minimum Gasteiger partial charge on any atom is -0.381 e. The van der Waals surface area contributed by atoms with Crippen molar-refractivity contribution in [1.29, 1.82) is 0 Å². The van der Waals surface area contributed by atoms with Crippen molar-refractivity contribution in [2.75, 3.05) is 31.3 Å². The van der Waals surface area contributed by atoms with Crippen molar-refractivity contribution >= 4 is 15.7 Å². The lowest BCUT2D eigenvalue weighted by molar-refractivity contribution is -0.142. The molecular weight excluding hydrogens is 256 g/mol. The number of hydrogen-bond donors (Lipinski definition) is 1. The van der Waals surface area contributed by atoms with Crippen LogP contribution in [0.3, 0.4) is 0 Å². The summed E-state index contributed by atoms with van der Waals surface area (Å²) in [5, 5.41) is 0. The van der Waals surface area contributed by atoms with Crippen LogP contribution in [0, 0.1) is 0 Å². The molecule has 2 fully saturated rings. The highest BCUT2D eigenvalue weighted by Crippen LogP contribution is 2.23. The smallest absolute Gasteiger partial charge is 0.243 e. The lowest BCUT2D eigenvalue weighted by Gasteiger charge is -2.41. The molecule has 6 nitrogen and oxygen atoms in total. The molecule has 0 spiro atoms. The van der Waals surface area contributed by atoms with E-state index in [1.54, 1.807) is 11.8 Å². The van der Waals surface area contributed by atoms with Gasteiger partial charge in [-0.2, -0.15) is 0 Å². The third-order valence-electron chi connectivity index (χ3n) is 3.74. The van der Waals surface area contributed by atoms with E-state index in [9.17, 15) is 13.2 Å². The molecule has 2 N–H and O–H groups in total. The maximum Gasteiger partial charge on any atom is 0.243 e. The number of nitrogens with zero attached hydrogens (tertiary/aromatic N) is 1. The Morgan fingerprint density at radius 1 is 1.39 bits per heavy atom. The van der Waals surface area contributed by atoms with E-state index in [2.05, 4.69) is 0 Å². The van der Waals surface area contributed by atoms with Gasteiger partial charge in [-0.15, -0.1) is 0 Å². The summed E-state index contributed by atoms with van der Waals surface area (Å²) in [5.41, 5.74) is 5.26. The van der Waals surface area contributed by atoms with Crippen molar-refractivity contribution in [3.8, 4) is 0 Å². The summed E-state index contributed by atoms with van der Waals surface area (Å²) in [5.74, 6) is -0.0609. The van der Waals surface area contributed by atoms with Gasteiger partial charge >= 0.3 is 0 Å². The Morgan fingerprint density at radius 2 is 2.00 bits per heavy atom. The van der Waals surface area contributed by atoms with E-state index in [-0.39, 0.29) is 30.0 Å². The van der Waals surface area contributed by atoms with E-state index in [0.717, 1.165) is 0 Å². The predicted octanol–water partition coefficient (Wildman–Crippen LogP) is -0.860. The van der Waals surface area contributed by atoms with Crippen LogP contribution in [-0.4, -0.2) is 62.1 Å². The first kappa shape index (κ1) is 13.8. The van der Waals surface area contributed by atoms with Crippen LogP contribution in [0.25, 0.3) is 0 Å². The molecular formula is C11H20N2O4S. The highest BCUT2D eigenvalue weighted by atomic mass is 32.2. The van der Waals surface area contributed by atoms with E-state index in [4.69, 9.17) is 10.5 Å². The third-order valence-corrected chi connectivity index (χ3v) is 5.54. The van der Waals surface area contributed by atoms with Crippen LogP contribution in [-0.2, 0) is 19.4 Å². The fourth-order valence-electron chi connectivity index (χ4n) is 2.54. The molecule has 2 rings (SSSR count). The molecule has 0 aromatic heterocycles. The van der Waals surface area contributed by atoms with E-state index < -0.39 is 15.4 Å². The van der Waals surface area contributed by atoms with Crippen molar-refractivity contribution in [2.45, 2.75) is 31.3 Å². The standard InChI is InChI=1S/C11H20N2O4S/c1-9-8-18(15,16)7-4-13(9)10(14)11(12)2-5-17-6-3-11/h9H,2-8,12H2,1H3. The predicted molar refractivity (Wildman–Crippen MR) is 66.8 cm³/mol. The van der Waals surface area contributed by atoms with Crippen molar-refractivity contribution in [3.63, 3.8) is 0 Å². The molecule has 0 aromatic carbocycles. The molecule has 0 bridgehead atoms. The lowest BCUT2D eigenvalue weighted by Crippen LogP contribution is -2.62. The molecule has 1 amide bonds. The number of amides is 1. The average molecular weight is 276 g/mol. The zero-order valence-corrected chi connectivity index (χ0v) is 11.4. The van der Waals surface area contributed by atoms with Gasteiger partial charge in [0, 0.05) is 25.8 Å². The van der Waals surface area contributed by atoms with Crippen molar-refractivity contribution in [1.82, 2.24) is 4.90 Å². The second-order valence-corrected chi connectivity index (χ2v) is 7.46. The minimum atomic E-state index is -3.01. The molecule has 7 heteroatoms. The highest BCUT2D eigenvalue weighted by Gasteiger charge is 2.42. The van der Waals surface area contributed by atoms with Gasteiger partial charge in [0.1, 0.15) is 0 Å². The Hall–Kier alpha value is -0.660. The van der Waals surface area contributed by atoms with Crippen LogP contribution < -0.4 is 5.73 Å². The largest absolute Gasteiger partial charge is 0.381 e. The van der Waals surface area contributed by atoms with E-state index >= 15 is 0 Å². The summed E-state index contributed by atoms with van der Waals surface area (Å²) >= 11 is 0. The molecule has 2 saturated heterocycles. The molecule has 0 radical (unpaired) electrons. The molecule has 1 atom stereocenters. The molecule has 104 valence electrons. The number of nitrogens with two attached hydrogens (primary N) is 1. The zero-order valence-electron chi connectivity index (χ0n) is 10.6. The van der Waals surface area contributed by atoms with Gasteiger partial charge in [0.05, 0.1) is 17.0 Å². The first-order valence-corrected chi connectivity index (χ1v) is 8.04. The monoisotopic (exact) mass is 276 g/mol. The minimum absolute atomic E-state index is 0.0331. The SMILES string of the molecule is CC1CS(=O)(=O)CCN1C(=O)C1(N)CCOCC1. The lowest BCUT2D eigenvalue weighted by atomic mass is 9.89. The van der Waals surface area contributed by atoms with Gasteiger partial charge < -0.3 is 15.4 Å². The van der Waals surface area contributed by atoms with Gasteiger partial charge in [0.15, 0.2) is 9.84 Å². The molecule has 2 aliphatic rings. The van der Waals surface area contributed by atoms with Gasteiger partial charge in [-0.05, 0) is 19.8 Å². The summed E-state index contributed by atoms with van der Waals surface area (Å²) in [4.78, 5) is 14.1. The fraction of sp³-hybridized carbons (Fsp3) is 0.909. The first-order chi connectivity index (χ1) is 8.34. The van der Waals surface area contributed by atoms with Crippen molar-refractivity contribution in [3.05, 3.63) is 0 Å². The van der Waals surface area contributed by atoms with Crippen LogP contribution in [0.2, 0.25) is 0 Å². The van der Waals surface area contributed by atoms with Gasteiger partial charge in [-0.3, -0.25) is 4.79 Å². The fourth-order valence-corrected chi connectivity index (χ4v) is 4.09. The topological polar surface area (TPSA) is 89.7 Å². The van der Waals surface area contributed by atoms with Crippen LogP contribution >= 0.6 is 0 Å². The molecule has 0 aromatic rings. The number of carbonyl (C=O) groups excluding carboxylic acids is 1. The van der Waals surface area contributed by atoms with E-state index in [1.807, 2.05) is 0 Å². The van der Waals surface area contributed by atoms with Crippen LogP contribution in [0.4, 0.5) is 0 Å². The Kier molecular flexibility index (Phi) is 3.66. The molecule has 18 heavy (non-hydrogen) atoms. The van der Waals surface area contributed by atoms with Gasteiger partial charge in [-0.25, -0.2) is 8.42 Å². The second-order valence-electron chi connectivity index (χ2n) is 5.23. The van der Waals surface area contributed by atoms with Gasteiger partial charge in [-0.1, -0.05) is 0 Å². The normalized spacial score (nSPS) is 31.0. The molecule has 0 aliphatic carbocycles. The summed E-state index contributed by atoms with van der Waals surface area (Å²) in [6.07, 6.45) is 1.00. The number of sulfone groups is 1. The first-order valence-electron chi connectivity index (χ1n) is 6.22. The molecule has 1 unspecified atom stereocenters. The average Bonchev–Trinajstić information content (AvgIpc) is 2.28. The van der Waals surface area contributed by atoms with Crippen LogP contribution in [0.15, 0.2) is 0 Å². The number of ether oxygens (including phenoxy) is 1. The number of hydrogen-bond acceptors (Lipinski definition) is 5. The summed E-state index contributed by atoms with van der Waals surface area (Å²) in [6.45, 7) is 2.99. The van der Waals surface area contributed by atoms with E-state index in [1.165, 1.54) is 0 Å². The molecule has 2 aliphatic heterocycles. The quantitative estimate of drug-likeness (QED) is 0.673. The molecule has 0 saturated carbocycles. The summed E-state index contributed by atoms with van der Waals surface area (Å²) in [6, 6.07) is -0.292. The van der Waals surface area contributed by atoms with Gasteiger partial charge in [0.2, 0.25) is 5.91 Å². The Balaban J connectivity index is 2.09. The van der Waals surface area contributed by atoms with Crippen LogP contribution in [0.1, 0.15) is 19.8 Å². The van der Waals surface area contributed by atoms with Crippen molar-refractivity contribution < 1.29 is 17.9 Å². The van der Waals surface area contributed by atoms with E-state index in [0.29, 0.717) is 26.1 Å². The van der Waals surface area contributed by atoms with Crippen molar-refractivity contribution in [2.24, 2.45) is 5.73 Å². The zero-order chi connectivity index (χ0) is 13.4. The van der Waals surface area contributed by atoms with Crippen LogP contribution in [0.5, 0.6) is 0 Å². The Bertz CT molecular complexity index is 428. The van der Waals surface area contributed by atoms with Gasteiger partial charge in [0.25, 0.3) is 0 Å². The summed E-state index contributed by atoms with van der Waals surface area (Å²) < 4.78 is 28.2. The summed E-state index contributed by atoms with van der Waals surface area (Å²) in [7, 11) is -3.01. The maximum absolute atomic E-state index is 12.4. The second kappa shape index (κ2) is 4.79. The third kappa shape index (κ3) is 2.67. The Labute approximate surface area is 107 Å².